The number of aliphatic hydroxyl groups excluding tert-OH is 1. The number of rotatable bonds is 2. The molecule has 0 radical (unpaired) electrons. The Morgan fingerprint density at radius 2 is 1.50 bits per heavy atom. The van der Waals surface area contributed by atoms with Crippen LogP contribution in [0.5, 0.6) is 0 Å². The molecule has 74 valence electrons. The second kappa shape index (κ2) is 3.23. The first-order chi connectivity index (χ1) is 5.10. The summed E-state index contributed by atoms with van der Waals surface area (Å²) in [5.74, 6) is 0. The quantitative estimate of drug-likeness (QED) is 0.526. The third-order valence-electron chi connectivity index (χ3n) is 0.861. The van der Waals surface area contributed by atoms with Crippen LogP contribution in [0.2, 0.25) is 0 Å². The highest BCUT2D eigenvalue weighted by molar-refractivity contribution is 7.80. The zero-order valence-corrected chi connectivity index (χ0v) is 5.99. The Labute approximate surface area is 65.5 Å². The minimum atomic E-state index is -5.62. The Morgan fingerprint density at radius 3 is 1.58 bits per heavy atom. The zero-order valence-electron chi connectivity index (χ0n) is 5.18. The first-order valence-corrected chi connectivity index (χ1v) is 3.44. The first kappa shape index (κ1) is 11.7. The van der Waals surface area contributed by atoms with Crippen molar-refractivity contribution in [2.75, 3.05) is 0 Å². The maximum absolute atomic E-state index is 11.9. The highest BCUT2D eigenvalue weighted by atomic mass is 32.2. The van der Waals surface area contributed by atoms with Crippen LogP contribution < -0.4 is 0 Å². The van der Waals surface area contributed by atoms with Crippen LogP contribution in [0.15, 0.2) is 0 Å². The maximum Gasteiger partial charge on any atom is 0.421 e. The Morgan fingerprint density at radius 1 is 1.17 bits per heavy atom. The highest BCUT2D eigenvalue weighted by Crippen LogP contribution is 2.33. The van der Waals surface area contributed by atoms with E-state index in [1.54, 1.807) is 0 Å². The molecule has 12 heavy (non-hydrogen) atoms. The fourth-order valence-corrected chi connectivity index (χ4v) is 0.611. The molecule has 0 spiro atoms. The van der Waals surface area contributed by atoms with E-state index in [1.807, 2.05) is 0 Å². The molecule has 0 saturated heterocycles. The van der Waals surface area contributed by atoms with Crippen molar-refractivity contribution in [2.45, 2.75) is 17.5 Å². The van der Waals surface area contributed by atoms with Crippen molar-refractivity contribution in [3.05, 3.63) is 0 Å². The monoisotopic (exact) mass is 214 g/mol. The Kier molecular flexibility index (Phi) is 3.15. The summed E-state index contributed by atoms with van der Waals surface area (Å²) >= 11 is -4.06. The van der Waals surface area contributed by atoms with Crippen LogP contribution in [0.4, 0.5) is 22.0 Å². The summed E-state index contributed by atoms with van der Waals surface area (Å²) in [5, 5.41) is 2.76. The van der Waals surface area contributed by atoms with Crippen LogP contribution in [-0.2, 0) is 11.1 Å². The predicted molar refractivity (Wildman–Crippen MR) is 27.8 cm³/mol. The minimum Gasteiger partial charge on any atom is -0.378 e. The van der Waals surface area contributed by atoms with Gasteiger partial charge in [-0.25, -0.2) is 4.21 Å². The molecule has 3 nitrogen and oxygen atoms in total. The molecule has 0 aromatic carbocycles. The maximum atomic E-state index is 11.9. The lowest BCUT2D eigenvalue weighted by Crippen LogP contribution is -2.47. The molecule has 0 aromatic heterocycles. The lowest BCUT2D eigenvalue weighted by atomic mass is 10.4. The largest absolute Gasteiger partial charge is 0.421 e. The fourth-order valence-electron chi connectivity index (χ4n) is 0.286. The molecule has 0 aliphatic rings. The molecule has 0 aliphatic heterocycles. The summed E-state index contributed by atoms with van der Waals surface area (Å²) in [6.45, 7) is 0. The minimum absolute atomic E-state index is 4.06. The summed E-state index contributed by atoms with van der Waals surface area (Å²) in [4.78, 5) is 0. The molecule has 0 aromatic rings. The van der Waals surface area contributed by atoms with Gasteiger partial charge in [0.2, 0.25) is 17.2 Å². The van der Waals surface area contributed by atoms with E-state index >= 15 is 0 Å². The molecule has 2 unspecified atom stereocenters. The van der Waals surface area contributed by atoms with E-state index in [0.717, 1.165) is 0 Å². The molecule has 0 rings (SSSR count). The smallest absolute Gasteiger partial charge is 0.378 e. The van der Waals surface area contributed by atoms with Gasteiger partial charge in [0.15, 0.2) is 0 Å². The number of hydrogen-bond donors (Lipinski definition) is 2. The van der Waals surface area contributed by atoms with Crippen molar-refractivity contribution in [1.29, 1.82) is 0 Å². The Balaban J connectivity index is 4.69. The van der Waals surface area contributed by atoms with Gasteiger partial charge in [-0.2, -0.15) is 22.0 Å². The molecule has 2 atom stereocenters. The molecule has 0 amide bonds. The topological polar surface area (TPSA) is 57.5 Å². The second-order valence-electron chi connectivity index (χ2n) is 1.76. The van der Waals surface area contributed by atoms with Gasteiger partial charge in [-0.15, -0.1) is 0 Å². The van der Waals surface area contributed by atoms with E-state index in [4.69, 9.17) is 9.66 Å². The van der Waals surface area contributed by atoms with Crippen LogP contribution in [0, 0.1) is 0 Å². The van der Waals surface area contributed by atoms with E-state index in [1.165, 1.54) is 0 Å². The molecule has 0 bridgehead atoms. The van der Waals surface area contributed by atoms with Crippen LogP contribution in [0.1, 0.15) is 0 Å². The lowest BCUT2D eigenvalue weighted by Gasteiger charge is -2.20. The van der Waals surface area contributed by atoms with Crippen LogP contribution >= 0.6 is 0 Å². The van der Waals surface area contributed by atoms with Crippen LogP contribution in [0.25, 0.3) is 0 Å². The molecule has 0 heterocycles. The summed E-state index contributed by atoms with van der Waals surface area (Å²) in [6.07, 6.45) is -9.75. The summed E-state index contributed by atoms with van der Waals surface area (Å²) in [5.41, 5.74) is 0. The van der Waals surface area contributed by atoms with Gasteiger partial charge in [0.05, 0.1) is 0 Å². The molecule has 2 N–H and O–H groups in total. The third-order valence-corrected chi connectivity index (χ3v) is 1.55. The van der Waals surface area contributed by atoms with Gasteiger partial charge >= 0.3 is 11.4 Å². The second-order valence-corrected chi connectivity index (χ2v) is 2.80. The van der Waals surface area contributed by atoms with E-state index in [0.29, 0.717) is 0 Å². The van der Waals surface area contributed by atoms with Gasteiger partial charge in [-0.05, 0) is 0 Å². The van der Waals surface area contributed by atoms with E-state index in [2.05, 4.69) is 0 Å². The molecule has 0 saturated carbocycles. The molecular formula is C3H3F5O3S. The van der Waals surface area contributed by atoms with Gasteiger partial charge in [-0.1, -0.05) is 0 Å². The van der Waals surface area contributed by atoms with Crippen molar-refractivity contribution in [2.24, 2.45) is 0 Å². The number of halogens is 5. The van der Waals surface area contributed by atoms with Crippen molar-refractivity contribution >= 4 is 11.1 Å². The average Bonchev–Trinajstić information content (AvgIpc) is 1.83. The predicted octanol–water partition coefficient (Wildman–Crippen LogP) is 0.724. The third kappa shape index (κ3) is 2.35. The zero-order chi connectivity index (χ0) is 10.2. The molecule has 0 fully saturated rings. The summed E-state index contributed by atoms with van der Waals surface area (Å²) in [6, 6.07) is 0. The van der Waals surface area contributed by atoms with Crippen molar-refractivity contribution in [3.8, 4) is 0 Å². The van der Waals surface area contributed by atoms with Gasteiger partial charge in [0.25, 0.3) is 0 Å². The Bertz CT molecular complexity index is 189. The number of alkyl halides is 5. The first-order valence-electron chi connectivity index (χ1n) is 2.33. The molecule has 9 heteroatoms. The van der Waals surface area contributed by atoms with Crippen LogP contribution in [-0.4, -0.2) is 31.4 Å². The van der Waals surface area contributed by atoms with Gasteiger partial charge in [0.1, 0.15) is 0 Å². The Hall–Kier alpha value is -0.280. The van der Waals surface area contributed by atoms with Crippen molar-refractivity contribution < 1.29 is 35.8 Å². The van der Waals surface area contributed by atoms with E-state index < -0.39 is 28.6 Å². The average molecular weight is 214 g/mol. The normalized spacial score (nSPS) is 18.9. The van der Waals surface area contributed by atoms with Gasteiger partial charge in [-0.3, -0.25) is 0 Å². The van der Waals surface area contributed by atoms with E-state index in [-0.39, 0.29) is 0 Å². The van der Waals surface area contributed by atoms with Crippen molar-refractivity contribution in [1.82, 2.24) is 0 Å². The van der Waals surface area contributed by atoms with Crippen molar-refractivity contribution in [3.63, 3.8) is 0 Å². The molecular weight excluding hydrogens is 211 g/mol. The fraction of sp³-hybridized carbons (Fsp3) is 1.00. The lowest BCUT2D eigenvalue weighted by molar-refractivity contribution is -0.247. The summed E-state index contributed by atoms with van der Waals surface area (Å²) < 4.78 is 75.1. The molecule has 0 aliphatic carbocycles. The number of aliphatic hydroxyl groups is 1. The summed E-state index contributed by atoms with van der Waals surface area (Å²) in [7, 11) is 0. The van der Waals surface area contributed by atoms with Gasteiger partial charge in [0, 0.05) is 0 Å². The standard InChI is InChI=1S/C3H3F5O3S/c4-2(5,6)1(9)3(7,8)12(10)11/h1,9H,(H,10,11). The SMILES string of the molecule is O=S(O)C(F)(F)C(O)C(F)(F)F. The number of hydrogen-bond acceptors (Lipinski definition) is 2. The van der Waals surface area contributed by atoms with Crippen LogP contribution in [0.3, 0.4) is 0 Å². The van der Waals surface area contributed by atoms with Gasteiger partial charge < -0.3 is 9.66 Å². The highest BCUT2D eigenvalue weighted by Gasteiger charge is 2.59. The van der Waals surface area contributed by atoms with E-state index in [9.17, 15) is 26.2 Å².